The molecule has 3 nitrogen and oxygen atoms in total. The summed E-state index contributed by atoms with van der Waals surface area (Å²) in [7, 11) is 0. The van der Waals surface area contributed by atoms with Crippen LogP contribution in [0.5, 0.6) is 0 Å². The van der Waals surface area contributed by atoms with Crippen LogP contribution in [0.2, 0.25) is 0 Å². The molecule has 1 aliphatic heterocycles. The normalized spacial score (nSPS) is 19.9. The molecule has 16 heavy (non-hydrogen) atoms. The van der Waals surface area contributed by atoms with Crippen molar-refractivity contribution in [2.75, 3.05) is 13.1 Å². The van der Waals surface area contributed by atoms with Gasteiger partial charge in [0, 0.05) is 24.5 Å². The summed E-state index contributed by atoms with van der Waals surface area (Å²) in [6.45, 7) is 7.92. The van der Waals surface area contributed by atoms with Crippen LogP contribution >= 0.6 is 12.2 Å². The molecule has 1 fully saturated rings. The highest BCUT2D eigenvalue weighted by Gasteiger charge is 2.17. The molecule has 0 spiro atoms. The number of aromatic amines is 1. The molecule has 2 heterocycles. The third-order valence-corrected chi connectivity index (χ3v) is 3.87. The summed E-state index contributed by atoms with van der Waals surface area (Å²) in [4.78, 5) is 5.69. The van der Waals surface area contributed by atoms with Crippen LogP contribution in [-0.4, -0.2) is 33.6 Å². The van der Waals surface area contributed by atoms with Crippen LogP contribution < -0.4 is 0 Å². The van der Waals surface area contributed by atoms with Gasteiger partial charge < -0.3 is 9.55 Å². The van der Waals surface area contributed by atoms with Gasteiger partial charge >= 0.3 is 0 Å². The van der Waals surface area contributed by atoms with E-state index in [-0.39, 0.29) is 0 Å². The van der Waals surface area contributed by atoms with Gasteiger partial charge in [0.25, 0.3) is 0 Å². The van der Waals surface area contributed by atoms with Gasteiger partial charge in [-0.1, -0.05) is 6.42 Å². The van der Waals surface area contributed by atoms with E-state index in [0.29, 0.717) is 6.04 Å². The van der Waals surface area contributed by atoms with Crippen molar-refractivity contribution < 1.29 is 0 Å². The van der Waals surface area contributed by atoms with Crippen molar-refractivity contribution in [2.45, 2.75) is 45.7 Å². The van der Waals surface area contributed by atoms with Crippen molar-refractivity contribution in [2.24, 2.45) is 0 Å². The van der Waals surface area contributed by atoms with Crippen LogP contribution in [0.4, 0.5) is 0 Å². The molecule has 4 heteroatoms. The smallest absolute Gasteiger partial charge is 0.177 e. The molecule has 1 aromatic rings. The maximum Gasteiger partial charge on any atom is 0.177 e. The molecule has 0 aromatic carbocycles. The van der Waals surface area contributed by atoms with Crippen molar-refractivity contribution in [1.29, 1.82) is 0 Å². The van der Waals surface area contributed by atoms with E-state index in [1.54, 1.807) is 0 Å². The van der Waals surface area contributed by atoms with E-state index in [9.17, 15) is 0 Å². The lowest BCUT2D eigenvalue weighted by atomic mass is 10.1. The van der Waals surface area contributed by atoms with E-state index >= 15 is 0 Å². The second kappa shape index (κ2) is 5.15. The molecule has 1 N–H and O–H groups in total. The van der Waals surface area contributed by atoms with Gasteiger partial charge in [-0.05, 0) is 52.0 Å². The van der Waals surface area contributed by atoms with Crippen LogP contribution in [0.3, 0.4) is 0 Å². The average molecular weight is 239 g/mol. The maximum absolute atomic E-state index is 5.28. The minimum absolute atomic E-state index is 0.585. The van der Waals surface area contributed by atoms with Gasteiger partial charge in [-0.15, -0.1) is 0 Å². The first-order valence-electron chi connectivity index (χ1n) is 6.17. The van der Waals surface area contributed by atoms with Crippen molar-refractivity contribution in [3.63, 3.8) is 0 Å². The predicted octanol–water partition coefficient (Wildman–Crippen LogP) is 2.73. The molecule has 1 aliphatic rings. The van der Waals surface area contributed by atoms with Crippen molar-refractivity contribution in [3.05, 3.63) is 16.7 Å². The van der Waals surface area contributed by atoms with E-state index < -0.39 is 0 Å². The number of piperidine rings is 1. The lowest BCUT2D eigenvalue weighted by molar-refractivity contribution is 0.159. The Morgan fingerprint density at radius 3 is 2.62 bits per heavy atom. The SMILES string of the molecule is Cc1c[nH]c(=S)n1CC(C)N1CCCCC1. The van der Waals surface area contributed by atoms with Crippen LogP contribution in [0.15, 0.2) is 6.20 Å². The lowest BCUT2D eigenvalue weighted by Gasteiger charge is -2.32. The molecule has 1 atom stereocenters. The van der Waals surface area contributed by atoms with E-state index in [2.05, 4.69) is 28.3 Å². The number of aromatic nitrogens is 2. The third-order valence-electron chi connectivity index (χ3n) is 3.54. The second-order valence-electron chi connectivity index (χ2n) is 4.79. The fourth-order valence-corrected chi connectivity index (χ4v) is 2.73. The van der Waals surface area contributed by atoms with Gasteiger partial charge in [0.2, 0.25) is 0 Å². The fourth-order valence-electron chi connectivity index (χ4n) is 2.45. The molecule has 0 aliphatic carbocycles. The quantitative estimate of drug-likeness (QED) is 0.820. The zero-order valence-electron chi connectivity index (χ0n) is 10.2. The standard InChI is InChI=1S/C12H21N3S/c1-10-8-13-12(16)15(10)9-11(2)14-6-4-3-5-7-14/h8,11H,3-7,9H2,1-2H3,(H,13,16). The Kier molecular flexibility index (Phi) is 3.82. The van der Waals surface area contributed by atoms with Gasteiger partial charge in [0.1, 0.15) is 0 Å². The molecule has 1 saturated heterocycles. The summed E-state index contributed by atoms with van der Waals surface area (Å²) in [5.74, 6) is 0. The van der Waals surface area contributed by atoms with Crippen molar-refractivity contribution in [3.8, 4) is 0 Å². The van der Waals surface area contributed by atoms with Gasteiger partial charge in [0.05, 0.1) is 0 Å². The van der Waals surface area contributed by atoms with Crippen LogP contribution in [0.25, 0.3) is 0 Å². The zero-order valence-corrected chi connectivity index (χ0v) is 11.0. The van der Waals surface area contributed by atoms with E-state index in [1.165, 1.54) is 38.0 Å². The Hall–Kier alpha value is -0.610. The average Bonchev–Trinajstić information content (AvgIpc) is 2.62. The third kappa shape index (κ3) is 2.55. The Labute approximate surface area is 102 Å². The van der Waals surface area contributed by atoms with Crippen molar-refractivity contribution >= 4 is 12.2 Å². The number of aryl methyl sites for hydroxylation is 1. The van der Waals surface area contributed by atoms with Crippen LogP contribution in [0.1, 0.15) is 31.9 Å². The summed E-state index contributed by atoms with van der Waals surface area (Å²) >= 11 is 5.28. The Morgan fingerprint density at radius 2 is 2.06 bits per heavy atom. The molecule has 1 aromatic heterocycles. The van der Waals surface area contributed by atoms with E-state index in [4.69, 9.17) is 12.2 Å². The summed E-state index contributed by atoms with van der Waals surface area (Å²) in [5.41, 5.74) is 1.23. The first-order chi connectivity index (χ1) is 7.68. The number of nitrogens with one attached hydrogen (secondary N) is 1. The predicted molar refractivity (Wildman–Crippen MR) is 69.2 cm³/mol. The highest BCUT2D eigenvalue weighted by molar-refractivity contribution is 7.71. The molecule has 0 amide bonds. The highest BCUT2D eigenvalue weighted by Crippen LogP contribution is 2.14. The molecule has 0 radical (unpaired) electrons. The second-order valence-corrected chi connectivity index (χ2v) is 5.18. The lowest BCUT2D eigenvalue weighted by Crippen LogP contribution is -2.39. The monoisotopic (exact) mass is 239 g/mol. The first kappa shape index (κ1) is 11.9. The summed E-state index contributed by atoms with van der Waals surface area (Å²) in [6.07, 6.45) is 6.08. The largest absolute Gasteiger partial charge is 0.337 e. The minimum atomic E-state index is 0.585. The first-order valence-corrected chi connectivity index (χ1v) is 6.58. The Morgan fingerprint density at radius 1 is 1.38 bits per heavy atom. The number of likely N-dealkylation sites (tertiary alicyclic amines) is 1. The van der Waals surface area contributed by atoms with Gasteiger partial charge in [-0.3, -0.25) is 4.90 Å². The number of hydrogen-bond donors (Lipinski definition) is 1. The van der Waals surface area contributed by atoms with Gasteiger partial charge in [-0.25, -0.2) is 0 Å². The molecular weight excluding hydrogens is 218 g/mol. The topological polar surface area (TPSA) is 24.0 Å². The molecule has 1 unspecified atom stereocenters. The Balaban J connectivity index is 2.01. The van der Waals surface area contributed by atoms with Crippen molar-refractivity contribution in [1.82, 2.24) is 14.5 Å². The number of hydrogen-bond acceptors (Lipinski definition) is 2. The number of rotatable bonds is 3. The maximum atomic E-state index is 5.28. The molecule has 0 saturated carbocycles. The fraction of sp³-hybridized carbons (Fsp3) is 0.750. The minimum Gasteiger partial charge on any atom is -0.337 e. The zero-order chi connectivity index (χ0) is 11.5. The van der Waals surface area contributed by atoms with Crippen LogP contribution in [0, 0.1) is 11.7 Å². The van der Waals surface area contributed by atoms with Gasteiger partial charge in [0.15, 0.2) is 4.77 Å². The Bertz CT molecular complexity index is 387. The number of H-pyrrole nitrogens is 1. The summed E-state index contributed by atoms with van der Waals surface area (Å²) in [6, 6.07) is 0.585. The number of nitrogens with zero attached hydrogens (tertiary/aromatic N) is 2. The van der Waals surface area contributed by atoms with E-state index in [1.807, 2.05) is 6.20 Å². The number of imidazole rings is 1. The summed E-state index contributed by atoms with van der Waals surface area (Å²) < 4.78 is 3.05. The molecule has 2 rings (SSSR count). The molecular formula is C12H21N3S. The van der Waals surface area contributed by atoms with Gasteiger partial charge in [-0.2, -0.15) is 0 Å². The van der Waals surface area contributed by atoms with Crippen LogP contribution in [-0.2, 0) is 6.54 Å². The molecule has 0 bridgehead atoms. The van der Waals surface area contributed by atoms with E-state index in [0.717, 1.165) is 11.3 Å². The highest BCUT2D eigenvalue weighted by atomic mass is 32.1. The molecule has 90 valence electrons. The summed E-state index contributed by atoms with van der Waals surface area (Å²) in [5, 5.41) is 0.